The van der Waals surface area contributed by atoms with Gasteiger partial charge in [0.1, 0.15) is 6.29 Å². The van der Waals surface area contributed by atoms with E-state index in [1.807, 2.05) is 6.92 Å². The van der Waals surface area contributed by atoms with E-state index in [0.717, 1.165) is 12.0 Å². The summed E-state index contributed by atoms with van der Waals surface area (Å²) in [5.74, 6) is 1.81. The molecule has 9 heavy (non-hydrogen) atoms. The summed E-state index contributed by atoms with van der Waals surface area (Å²) in [5, 5.41) is 0. The molecule has 0 aromatic rings. The molecule has 0 rings (SSSR count). The van der Waals surface area contributed by atoms with E-state index in [1.165, 1.54) is 0 Å². The SMILES string of the molecule is CC(CS)C(C=O)CS. The molecule has 0 fully saturated rings. The van der Waals surface area contributed by atoms with Gasteiger partial charge in [0.2, 0.25) is 0 Å². The summed E-state index contributed by atoms with van der Waals surface area (Å²) >= 11 is 8.09. The van der Waals surface area contributed by atoms with E-state index in [9.17, 15) is 4.79 Å². The minimum Gasteiger partial charge on any atom is -0.303 e. The summed E-state index contributed by atoms with van der Waals surface area (Å²) in [4.78, 5) is 10.3. The van der Waals surface area contributed by atoms with Gasteiger partial charge >= 0.3 is 0 Å². The van der Waals surface area contributed by atoms with Gasteiger partial charge in [-0.1, -0.05) is 6.92 Å². The van der Waals surface area contributed by atoms with Gasteiger partial charge in [0.25, 0.3) is 0 Å². The minimum absolute atomic E-state index is 0.0748. The number of thiol groups is 2. The topological polar surface area (TPSA) is 17.1 Å². The molecule has 0 aliphatic heterocycles. The molecule has 0 saturated heterocycles. The molecule has 0 aromatic carbocycles. The second-order valence-electron chi connectivity index (χ2n) is 2.14. The van der Waals surface area contributed by atoms with Gasteiger partial charge in [-0.05, 0) is 17.4 Å². The first-order valence-electron chi connectivity index (χ1n) is 2.93. The van der Waals surface area contributed by atoms with Crippen LogP contribution < -0.4 is 0 Å². The van der Waals surface area contributed by atoms with Gasteiger partial charge in [-0.25, -0.2) is 0 Å². The highest BCUT2D eigenvalue weighted by atomic mass is 32.1. The van der Waals surface area contributed by atoms with Gasteiger partial charge in [0, 0.05) is 5.92 Å². The van der Waals surface area contributed by atoms with E-state index in [-0.39, 0.29) is 5.92 Å². The van der Waals surface area contributed by atoms with Crippen molar-refractivity contribution in [2.45, 2.75) is 6.92 Å². The van der Waals surface area contributed by atoms with Crippen molar-refractivity contribution in [1.29, 1.82) is 0 Å². The predicted octanol–water partition coefficient (Wildman–Crippen LogP) is 1.30. The Balaban J connectivity index is 3.63. The smallest absolute Gasteiger partial charge is 0.124 e. The molecule has 0 bridgehead atoms. The summed E-state index contributed by atoms with van der Waals surface area (Å²) < 4.78 is 0. The van der Waals surface area contributed by atoms with Crippen molar-refractivity contribution in [3.63, 3.8) is 0 Å². The van der Waals surface area contributed by atoms with Crippen molar-refractivity contribution in [2.24, 2.45) is 11.8 Å². The predicted molar refractivity (Wildman–Crippen MR) is 46.4 cm³/mol. The maximum atomic E-state index is 10.3. The zero-order chi connectivity index (χ0) is 7.28. The van der Waals surface area contributed by atoms with Crippen molar-refractivity contribution < 1.29 is 4.79 Å². The minimum atomic E-state index is 0.0748. The second kappa shape index (κ2) is 5.18. The summed E-state index contributed by atoms with van der Waals surface area (Å²) in [7, 11) is 0. The summed E-state index contributed by atoms with van der Waals surface area (Å²) in [6.07, 6.45) is 0.952. The number of carbonyl (C=O) groups is 1. The summed E-state index contributed by atoms with van der Waals surface area (Å²) in [6, 6.07) is 0. The zero-order valence-corrected chi connectivity index (χ0v) is 7.24. The molecule has 0 saturated carbocycles. The largest absolute Gasteiger partial charge is 0.303 e. The lowest BCUT2D eigenvalue weighted by molar-refractivity contribution is -0.111. The third-order valence-electron chi connectivity index (χ3n) is 1.40. The highest BCUT2D eigenvalue weighted by molar-refractivity contribution is 7.80. The number of hydrogen-bond donors (Lipinski definition) is 2. The Bertz CT molecular complexity index is 85.1. The number of aldehydes is 1. The Kier molecular flexibility index (Phi) is 5.39. The average Bonchev–Trinajstić information content (AvgIpc) is 1.90. The summed E-state index contributed by atoms with van der Waals surface area (Å²) in [5.41, 5.74) is 0. The Morgan fingerprint density at radius 3 is 2.11 bits per heavy atom. The molecule has 0 spiro atoms. The molecule has 2 unspecified atom stereocenters. The van der Waals surface area contributed by atoms with Crippen LogP contribution in [0.2, 0.25) is 0 Å². The van der Waals surface area contributed by atoms with Crippen molar-refractivity contribution in [3.05, 3.63) is 0 Å². The third-order valence-corrected chi connectivity index (χ3v) is 2.40. The molecule has 0 heterocycles. The lowest BCUT2D eigenvalue weighted by Gasteiger charge is -2.12. The second-order valence-corrected chi connectivity index (χ2v) is 2.87. The lowest BCUT2D eigenvalue weighted by atomic mass is 10.00. The van der Waals surface area contributed by atoms with Gasteiger partial charge in [-0.2, -0.15) is 25.3 Å². The average molecular weight is 164 g/mol. The molecule has 0 aliphatic rings. The first kappa shape index (κ1) is 9.37. The van der Waals surface area contributed by atoms with Crippen LogP contribution in [-0.4, -0.2) is 17.8 Å². The highest BCUT2D eigenvalue weighted by Crippen LogP contribution is 2.11. The normalized spacial score (nSPS) is 16.8. The first-order chi connectivity index (χ1) is 4.26. The lowest BCUT2D eigenvalue weighted by Crippen LogP contribution is -2.15. The van der Waals surface area contributed by atoms with E-state index in [1.54, 1.807) is 0 Å². The molecule has 3 heteroatoms. The fraction of sp³-hybridized carbons (Fsp3) is 0.833. The van der Waals surface area contributed by atoms with E-state index in [4.69, 9.17) is 0 Å². The van der Waals surface area contributed by atoms with Gasteiger partial charge in [0.15, 0.2) is 0 Å². The van der Waals surface area contributed by atoms with Crippen molar-refractivity contribution in [1.82, 2.24) is 0 Å². The van der Waals surface area contributed by atoms with Crippen LogP contribution in [0.25, 0.3) is 0 Å². The molecule has 1 nitrogen and oxygen atoms in total. The van der Waals surface area contributed by atoms with E-state index in [2.05, 4.69) is 25.3 Å². The molecule has 0 radical (unpaired) electrons. The third kappa shape index (κ3) is 3.16. The molecule has 0 amide bonds. The van der Waals surface area contributed by atoms with Crippen LogP contribution >= 0.6 is 25.3 Å². The van der Waals surface area contributed by atoms with Gasteiger partial charge < -0.3 is 4.79 Å². The van der Waals surface area contributed by atoms with Gasteiger partial charge in [-0.3, -0.25) is 0 Å². The van der Waals surface area contributed by atoms with Crippen molar-refractivity contribution in [2.75, 3.05) is 11.5 Å². The molecule has 0 aliphatic carbocycles. The van der Waals surface area contributed by atoms with Crippen LogP contribution in [0.15, 0.2) is 0 Å². The number of carbonyl (C=O) groups excluding carboxylic acids is 1. The Morgan fingerprint density at radius 1 is 1.44 bits per heavy atom. The molecule has 2 atom stereocenters. The maximum absolute atomic E-state index is 10.3. The zero-order valence-electron chi connectivity index (χ0n) is 5.45. The van der Waals surface area contributed by atoms with Gasteiger partial charge in [0.05, 0.1) is 0 Å². The monoisotopic (exact) mass is 164 g/mol. The van der Waals surface area contributed by atoms with Crippen LogP contribution in [0.4, 0.5) is 0 Å². The van der Waals surface area contributed by atoms with Crippen LogP contribution in [-0.2, 0) is 4.79 Å². The van der Waals surface area contributed by atoms with Crippen LogP contribution in [0.1, 0.15) is 6.92 Å². The van der Waals surface area contributed by atoms with Crippen LogP contribution in [0.3, 0.4) is 0 Å². The number of rotatable bonds is 4. The number of hydrogen-bond acceptors (Lipinski definition) is 3. The fourth-order valence-corrected chi connectivity index (χ4v) is 1.21. The van der Waals surface area contributed by atoms with Crippen molar-refractivity contribution in [3.8, 4) is 0 Å². The summed E-state index contributed by atoms with van der Waals surface area (Å²) in [6.45, 7) is 2.00. The fourth-order valence-electron chi connectivity index (χ4n) is 0.492. The van der Waals surface area contributed by atoms with Crippen LogP contribution in [0, 0.1) is 11.8 Å². The molecule has 54 valence electrons. The van der Waals surface area contributed by atoms with Crippen LogP contribution in [0.5, 0.6) is 0 Å². The Morgan fingerprint density at radius 2 is 2.00 bits per heavy atom. The van der Waals surface area contributed by atoms with E-state index < -0.39 is 0 Å². The van der Waals surface area contributed by atoms with E-state index >= 15 is 0 Å². The first-order valence-corrected chi connectivity index (χ1v) is 4.19. The molecular weight excluding hydrogens is 152 g/mol. The Labute approximate surface area is 67.0 Å². The quantitative estimate of drug-likeness (QED) is 0.473. The molecule has 0 N–H and O–H groups in total. The maximum Gasteiger partial charge on any atom is 0.124 e. The standard InChI is InChI=1S/C6H12OS2/c1-5(3-8)6(2-7)4-9/h2,5-6,8-9H,3-4H2,1H3. The molecule has 0 aromatic heterocycles. The van der Waals surface area contributed by atoms with Gasteiger partial charge in [-0.15, -0.1) is 0 Å². The highest BCUT2D eigenvalue weighted by Gasteiger charge is 2.11. The van der Waals surface area contributed by atoms with E-state index in [0.29, 0.717) is 11.7 Å². The Hall–Kier alpha value is 0.370. The molecular formula is C6H12OS2. The van der Waals surface area contributed by atoms with Crippen molar-refractivity contribution >= 4 is 31.5 Å².